The SMILES string of the molecule is CC(C)CN1[C@@H]2CCC[C@H]2OS1(=O)=O. The molecule has 2 atom stereocenters. The highest BCUT2D eigenvalue weighted by Crippen LogP contribution is 2.36. The molecule has 0 aromatic carbocycles. The van der Waals surface area contributed by atoms with Crippen molar-refractivity contribution in [3.05, 3.63) is 0 Å². The van der Waals surface area contributed by atoms with Gasteiger partial charge in [0, 0.05) is 6.54 Å². The molecule has 14 heavy (non-hydrogen) atoms. The Kier molecular flexibility index (Phi) is 2.57. The molecule has 2 rings (SSSR count). The van der Waals surface area contributed by atoms with E-state index >= 15 is 0 Å². The van der Waals surface area contributed by atoms with Gasteiger partial charge in [-0.05, 0) is 25.2 Å². The van der Waals surface area contributed by atoms with Crippen LogP contribution in [-0.4, -0.2) is 31.4 Å². The second kappa shape index (κ2) is 3.47. The van der Waals surface area contributed by atoms with Crippen molar-refractivity contribution in [2.45, 2.75) is 45.3 Å². The molecule has 4 nitrogen and oxygen atoms in total. The first-order chi connectivity index (χ1) is 6.50. The first kappa shape index (κ1) is 10.4. The molecular formula is C9H17NO3S. The number of hydrogen-bond donors (Lipinski definition) is 0. The maximum absolute atomic E-state index is 11.6. The minimum absolute atomic E-state index is 0.0706. The monoisotopic (exact) mass is 219 g/mol. The van der Waals surface area contributed by atoms with Gasteiger partial charge in [0.05, 0.1) is 12.1 Å². The van der Waals surface area contributed by atoms with Gasteiger partial charge >= 0.3 is 10.3 Å². The molecule has 0 bridgehead atoms. The summed E-state index contributed by atoms with van der Waals surface area (Å²) < 4.78 is 29.9. The van der Waals surface area contributed by atoms with E-state index in [1.54, 1.807) is 4.31 Å². The van der Waals surface area contributed by atoms with E-state index in [1.165, 1.54) is 0 Å². The van der Waals surface area contributed by atoms with Crippen molar-refractivity contribution in [1.29, 1.82) is 0 Å². The van der Waals surface area contributed by atoms with Crippen molar-refractivity contribution in [3.63, 3.8) is 0 Å². The van der Waals surface area contributed by atoms with Crippen LogP contribution in [0.1, 0.15) is 33.1 Å². The lowest BCUT2D eigenvalue weighted by atomic mass is 10.1. The largest absolute Gasteiger partial charge is 0.339 e. The summed E-state index contributed by atoms with van der Waals surface area (Å²) in [6, 6.07) is 0.113. The first-order valence-electron chi connectivity index (χ1n) is 5.21. The van der Waals surface area contributed by atoms with Gasteiger partial charge in [0.25, 0.3) is 0 Å². The maximum atomic E-state index is 11.6. The highest BCUT2D eigenvalue weighted by Gasteiger charge is 2.48. The summed E-state index contributed by atoms with van der Waals surface area (Å²) in [4.78, 5) is 0. The molecule has 1 heterocycles. The van der Waals surface area contributed by atoms with Crippen LogP contribution in [0.5, 0.6) is 0 Å². The highest BCUT2D eigenvalue weighted by molar-refractivity contribution is 7.84. The van der Waals surface area contributed by atoms with Crippen LogP contribution >= 0.6 is 0 Å². The Hall–Kier alpha value is -0.130. The Labute approximate surface area is 85.5 Å². The molecule has 0 amide bonds. The summed E-state index contributed by atoms with van der Waals surface area (Å²) in [5, 5.41) is 0. The third-order valence-electron chi connectivity index (χ3n) is 2.87. The van der Waals surface area contributed by atoms with Crippen molar-refractivity contribution >= 4 is 10.3 Å². The van der Waals surface area contributed by atoms with Crippen molar-refractivity contribution in [3.8, 4) is 0 Å². The van der Waals surface area contributed by atoms with Crippen LogP contribution in [0, 0.1) is 5.92 Å². The molecule has 0 aromatic heterocycles. The van der Waals surface area contributed by atoms with E-state index in [1.807, 2.05) is 13.8 Å². The molecule has 1 saturated carbocycles. The average molecular weight is 219 g/mol. The Bertz CT molecular complexity index is 312. The maximum Gasteiger partial charge on any atom is 0.339 e. The number of fused-ring (bicyclic) bond motifs is 1. The van der Waals surface area contributed by atoms with Gasteiger partial charge in [-0.1, -0.05) is 13.8 Å². The zero-order valence-corrected chi connectivity index (χ0v) is 9.46. The van der Waals surface area contributed by atoms with Gasteiger partial charge in [0.15, 0.2) is 0 Å². The minimum atomic E-state index is -3.41. The number of nitrogens with zero attached hydrogens (tertiary/aromatic N) is 1. The van der Waals surface area contributed by atoms with Crippen molar-refractivity contribution in [1.82, 2.24) is 4.31 Å². The molecule has 0 N–H and O–H groups in total. The fourth-order valence-electron chi connectivity index (χ4n) is 2.31. The molecule has 1 saturated heterocycles. The molecule has 1 aliphatic carbocycles. The molecule has 0 aromatic rings. The molecule has 0 spiro atoms. The van der Waals surface area contributed by atoms with E-state index in [4.69, 9.17) is 4.18 Å². The lowest BCUT2D eigenvalue weighted by Crippen LogP contribution is -2.36. The molecular weight excluding hydrogens is 202 g/mol. The molecule has 82 valence electrons. The third kappa shape index (κ3) is 1.68. The van der Waals surface area contributed by atoms with Gasteiger partial charge in [-0.25, -0.2) is 0 Å². The van der Waals surface area contributed by atoms with E-state index < -0.39 is 10.3 Å². The van der Waals surface area contributed by atoms with Gasteiger partial charge in [-0.15, -0.1) is 0 Å². The first-order valence-corrected chi connectivity index (χ1v) is 6.57. The quantitative estimate of drug-likeness (QED) is 0.699. The van der Waals surface area contributed by atoms with Gasteiger partial charge in [-0.3, -0.25) is 4.18 Å². The second-order valence-corrected chi connectivity index (χ2v) is 6.07. The Morgan fingerprint density at radius 1 is 1.43 bits per heavy atom. The molecule has 5 heteroatoms. The van der Waals surface area contributed by atoms with E-state index in [2.05, 4.69) is 0 Å². The predicted octanol–water partition coefficient (Wildman–Crippen LogP) is 1.14. The average Bonchev–Trinajstić information content (AvgIpc) is 2.53. The zero-order valence-electron chi connectivity index (χ0n) is 8.64. The summed E-state index contributed by atoms with van der Waals surface area (Å²) in [5.41, 5.74) is 0. The zero-order chi connectivity index (χ0) is 10.3. The van der Waals surface area contributed by atoms with Crippen LogP contribution in [0.15, 0.2) is 0 Å². The minimum Gasteiger partial charge on any atom is -0.253 e. The van der Waals surface area contributed by atoms with Gasteiger partial charge < -0.3 is 0 Å². The lowest BCUT2D eigenvalue weighted by molar-refractivity contribution is 0.217. The molecule has 2 aliphatic rings. The summed E-state index contributed by atoms with van der Waals surface area (Å²) in [6.07, 6.45) is 2.85. The number of rotatable bonds is 2. The van der Waals surface area contributed by atoms with Crippen LogP contribution in [0.4, 0.5) is 0 Å². The topological polar surface area (TPSA) is 46.6 Å². The summed E-state index contributed by atoms with van der Waals surface area (Å²) in [7, 11) is -3.41. The van der Waals surface area contributed by atoms with Gasteiger partial charge in [0.2, 0.25) is 0 Å². The van der Waals surface area contributed by atoms with E-state index in [0.717, 1.165) is 19.3 Å². The second-order valence-electron chi connectivity index (χ2n) is 4.55. The van der Waals surface area contributed by atoms with E-state index in [0.29, 0.717) is 12.5 Å². The lowest BCUT2D eigenvalue weighted by Gasteiger charge is -2.20. The highest BCUT2D eigenvalue weighted by atomic mass is 32.2. The van der Waals surface area contributed by atoms with E-state index in [-0.39, 0.29) is 12.1 Å². The molecule has 2 fully saturated rings. The van der Waals surface area contributed by atoms with Crippen LogP contribution in [-0.2, 0) is 14.5 Å². The van der Waals surface area contributed by atoms with Crippen molar-refractivity contribution in [2.75, 3.05) is 6.54 Å². The number of hydrogen-bond acceptors (Lipinski definition) is 3. The summed E-state index contributed by atoms with van der Waals surface area (Å²) >= 11 is 0. The van der Waals surface area contributed by atoms with Gasteiger partial charge in [-0.2, -0.15) is 12.7 Å². The van der Waals surface area contributed by atoms with Crippen LogP contribution in [0.3, 0.4) is 0 Å². The predicted molar refractivity (Wildman–Crippen MR) is 53.0 cm³/mol. The summed E-state index contributed by atoms with van der Waals surface area (Å²) in [6.45, 7) is 4.64. The van der Waals surface area contributed by atoms with Crippen molar-refractivity contribution in [2.24, 2.45) is 5.92 Å². The molecule has 0 unspecified atom stereocenters. The fraction of sp³-hybridized carbons (Fsp3) is 1.00. The van der Waals surface area contributed by atoms with Crippen LogP contribution in [0.25, 0.3) is 0 Å². The van der Waals surface area contributed by atoms with Crippen molar-refractivity contribution < 1.29 is 12.6 Å². The molecule has 0 radical (unpaired) electrons. The Morgan fingerprint density at radius 2 is 2.14 bits per heavy atom. The Balaban J connectivity index is 2.18. The Morgan fingerprint density at radius 3 is 2.79 bits per heavy atom. The van der Waals surface area contributed by atoms with Gasteiger partial charge in [0.1, 0.15) is 0 Å². The summed E-state index contributed by atoms with van der Waals surface area (Å²) in [5.74, 6) is 0.354. The van der Waals surface area contributed by atoms with Crippen LogP contribution < -0.4 is 0 Å². The third-order valence-corrected chi connectivity index (χ3v) is 4.35. The fourth-order valence-corrected chi connectivity index (χ4v) is 4.01. The molecule has 1 aliphatic heterocycles. The normalized spacial score (nSPS) is 36.5. The standard InChI is InChI=1S/C9H17NO3S/c1-7(2)6-10-8-4-3-5-9(8)13-14(10,11)12/h7-9H,3-6H2,1-2H3/t8-,9-/m1/s1. The van der Waals surface area contributed by atoms with Crippen LogP contribution in [0.2, 0.25) is 0 Å². The smallest absolute Gasteiger partial charge is 0.253 e. The van der Waals surface area contributed by atoms with E-state index in [9.17, 15) is 8.42 Å².